The van der Waals surface area contributed by atoms with Crippen LogP contribution in [0.4, 0.5) is 0 Å². The maximum Gasteiger partial charge on any atom is 0.368 e. The molecule has 0 aliphatic heterocycles. The SMILES string of the molecule is C=C.CCC=C(C)C(=O)OO. The first-order valence-corrected chi connectivity index (χ1v) is 3.24. The summed E-state index contributed by atoms with van der Waals surface area (Å²) >= 11 is 0. The smallest absolute Gasteiger partial charge is 0.296 e. The van der Waals surface area contributed by atoms with Gasteiger partial charge in [-0.1, -0.05) is 13.0 Å². The Balaban J connectivity index is 0. The van der Waals surface area contributed by atoms with Crippen LogP contribution in [0.5, 0.6) is 0 Å². The van der Waals surface area contributed by atoms with Crippen LogP contribution in [0.25, 0.3) is 0 Å². The fourth-order valence-corrected chi connectivity index (χ4v) is 0.462. The number of carbonyl (C=O) groups is 1. The molecule has 0 aromatic rings. The molecule has 0 saturated carbocycles. The van der Waals surface area contributed by atoms with Gasteiger partial charge in [0.05, 0.1) is 0 Å². The minimum absolute atomic E-state index is 0.431. The lowest BCUT2D eigenvalue weighted by Gasteiger charge is -1.92. The predicted molar refractivity (Wildman–Crippen MR) is 44.0 cm³/mol. The molecule has 0 unspecified atom stereocenters. The van der Waals surface area contributed by atoms with E-state index in [2.05, 4.69) is 18.0 Å². The molecule has 0 radical (unpaired) electrons. The molecule has 0 bridgehead atoms. The average Bonchev–Trinajstić information content (AvgIpc) is 2.07. The first-order valence-electron chi connectivity index (χ1n) is 3.24. The van der Waals surface area contributed by atoms with Gasteiger partial charge in [0, 0.05) is 5.57 Å². The van der Waals surface area contributed by atoms with Gasteiger partial charge in [-0.3, -0.25) is 4.89 Å². The molecule has 64 valence electrons. The van der Waals surface area contributed by atoms with Gasteiger partial charge < -0.3 is 0 Å². The quantitative estimate of drug-likeness (QED) is 0.290. The molecule has 3 nitrogen and oxygen atoms in total. The molecule has 3 heteroatoms. The van der Waals surface area contributed by atoms with Gasteiger partial charge in [-0.2, -0.15) is 5.26 Å². The zero-order valence-corrected chi connectivity index (χ0v) is 6.96. The Morgan fingerprint density at radius 3 is 2.36 bits per heavy atom. The van der Waals surface area contributed by atoms with Crippen molar-refractivity contribution in [2.24, 2.45) is 0 Å². The van der Waals surface area contributed by atoms with Crippen LogP contribution in [0.3, 0.4) is 0 Å². The second-order valence-electron chi connectivity index (χ2n) is 1.67. The number of rotatable bonds is 2. The molecule has 0 spiro atoms. The zero-order valence-electron chi connectivity index (χ0n) is 6.96. The third-order valence-corrected chi connectivity index (χ3v) is 0.915. The Bertz CT molecular complexity index is 138. The van der Waals surface area contributed by atoms with E-state index < -0.39 is 5.97 Å². The van der Waals surface area contributed by atoms with E-state index >= 15 is 0 Å². The molecular weight excluding hydrogens is 144 g/mol. The highest BCUT2D eigenvalue weighted by Crippen LogP contribution is 1.95. The van der Waals surface area contributed by atoms with Crippen LogP contribution in [-0.4, -0.2) is 11.2 Å². The summed E-state index contributed by atoms with van der Waals surface area (Å²) in [6.45, 7) is 9.48. The van der Waals surface area contributed by atoms with Crippen LogP contribution in [-0.2, 0) is 9.68 Å². The molecule has 0 atom stereocenters. The second-order valence-corrected chi connectivity index (χ2v) is 1.67. The van der Waals surface area contributed by atoms with Crippen LogP contribution in [0.2, 0.25) is 0 Å². The molecule has 11 heavy (non-hydrogen) atoms. The van der Waals surface area contributed by atoms with E-state index in [4.69, 9.17) is 5.26 Å². The lowest BCUT2D eigenvalue weighted by Crippen LogP contribution is -2.01. The summed E-state index contributed by atoms with van der Waals surface area (Å²) < 4.78 is 0. The molecule has 0 saturated heterocycles. The Labute approximate surface area is 66.9 Å². The molecular formula is C8H14O3. The van der Waals surface area contributed by atoms with E-state index in [1.165, 1.54) is 0 Å². The van der Waals surface area contributed by atoms with Crippen LogP contribution in [0, 0.1) is 0 Å². The van der Waals surface area contributed by atoms with Crippen LogP contribution >= 0.6 is 0 Å². The van der Waals surface area contributed by atoms with Crippen molar-refractivity contribution < 1.29 is 14.9 Å². The third-order valence-electron chi connectivity index (χ3n) is 0.915. The van der Waals surface area contributed by atoms with Gasteiger partial charge in [0.15, 0.2) is 0 Å². The first kappa shape index (κ1) is 12.6. The van der Waals surface area contributed by atoms with E-state index in [0.717, 1.165) is 6.42 Å². The Hall–Kier alpha value is -1.09. The van der Waals surface area contributed by atoms with E-state index in [-0.39, 0.29) is 0 Å². The van der Waals surface area contributed by atoms with Crippen molar-refractivity contribution in [1.82, 2.24) is 0 Å². The third kappa shape index (κ3) is 6.80. The van der Waals surface area contributed by atoms with Gasteiger partial charge in [-0.05, 0) is 13.3 Å². The van der Waals surface area contributed by atoms with E-state index in [9.17, 15) is 4.79 Å². The first-order chi connectivity index (χ1) is 5.22. The summed E-state index contributed by atoms with van der Waals surface area (Å²) in [5, 5.41) is 7.84. The molecule has 0 heterocycles. The number of hydrogen-bond acceptors (Lipinski definition) is 3. The maximum atomic E-state index is 10.4. The van der Waals surface area contributed by atoms with Crippen molar-refractivity contribution in [3.05, 3.63) is 24.8 Å². The van der Waals surface area contributed by atoms with Crippen LogP contribution in [0.1, 0.15) is 20.3 Å². The number of hydrogen-bond donors (Lipinski definition) is 1. The summed E-state index contributed by atoms with van der Waals surface area (Å²) in [6.07, 6.45) is 2.44. The normalized spacial score (nSPS) is 9.55. The summed E-state index contributed by atoms with van der Waals surface area (Å²) in [6, 6.07) is 0. The van der Waals surface area contributed by atoms with E-state index in [1.807, 2.05) is 6.92 Å². The average molecular weight is 158 g/mol. The Morgan fingerprint density at radius 1 is 1.64 bits per heavy atom. The molecule has 0 aliphatic carbocycles. The highest BCUT2D eigenvalue weighted by Gasteiger charge is 2.01. The molecule has 0 amide bonds. The number of allylic oxidation sites excluding steroid dienone is 1. The van der Waals surface area contributed by atoms with E-state index in [0.29, 0.717) is 5.57 Å². The minimum Gasteiger partial charge on any atom is -0.296 e. The summed E-state index contributed by atoms with van der Waals surface area (Å²) in [5.74, 6) is -0.683. The van der Waals surface area contributed by atoms with Gasteiger partial charge in [-0.15, -0.1) is 13.2 Å². The fraction of sp³-hybridized carbons (Fsp3) is 0.375. The highest BCUT2D eigenvalue weighted by atomic mass is 17.1. The lowest BCUT2D eigenvalue weighted by atomic mass is 10.2. The standard InChI is InChI=1S/C6H10O3.C2H4/c1-3-4-5(2)6(7)9-8;1-2/h4,8H,3H2,1-2H3;1-2H2. The molecule has 0 aliphatic rings. The van der Waals surface area contributed by atoms with Gasteiger partial charge in [0.25, 0.3) is 0 Å². The summed E-state index contributed by atoms with van der Waals surface area (Å²) in [7, 11) is 0. The maximum absolute atomic E-state index is 10.4. The molecule has 0 fully saturated rings. The largest absolute Gasteiger partial charge is 0.368 e. The zero-order chi connectivity index (χ0) is 9.28. The van der Waals surface area contributed by atoms with Gasteiger partial charge in [-0.25, -0.2) is 4.79 Å². The molecule has 0 aromatic heterocycles. The Morgan fingerprint density at radius 2 is 2.09 bits per heavy atom. The van der Waals surface area contributed by atoms with Crippen molar-refractivity contribution in [2.75, 3.05) is 0 Å². The summed E-state index contributed by atoms with van der Waals surface area (Å²) in [5.41, 5.74) is 0.431. The Kier molecular flexibility index (Phi) is 10.2. The monoisotopic (exact) mass is 158 g/mol. The van der Waals surface area contributed by atoms with Crippen molar-refractivity contribution in [2.45, 2.75) is 20.3 Å². The predicted octanol–water partition coefficient (Wildman–Crippen LogP) is 2.16. The van der Waals surface area contributed by atoms with Crippen molar-refractivity contribution in [1.29, 1.82) is 0 Å². The van der Waals surface area contributed by atoms with Crippen molar-refractivity contribution >= 4 is 5.97 Å². The van der Waals surface area contributed by atoms with Gasteiger partial charge in [0.2, 0.25) is 0 Å². The van der Waals surface area contributed by atoms with E-state index in [1.54, 1.807) is 13.0 Å². The van der Waals surface area contributed by atoms with Crippen LogP contribution < -0.4 is 0 Å². The van der Waals surface area contributed by atoms with Crippen molar-refractivity contribution in [3.63, 3.8) is 0 Å². The van der Waals surface area contributed by atoms with Crippen LogP contribution in [0.15, 0.2) is 24.8 Å². The minimum atomic E-state index is -0.683. The topological polar surface area (TPSA) is 46.5 Å². The van der Waals surface area contributed by atoms with Gasteiger partial charge in [0.1, 0.15) is 0 Å². The van der Waals surface area contributed by atoms with Crippen molar-refractivity contribution in [3.8, 4) is 0 Å². The molecule has 0 rings (SSSR count). The second kappa shape index (κ2) is 8.91. The molecule has 0 aromatic carbocycles. The lowest BCUT2D eigenvalue weighted by molar-refractivity contribution is -0.229. The molecule has 1 N–H and O–H groups in total. The fourth-order valence-electron chi connectivity index (χ4n) is 0.462. The number of carbonyl (C=O) groups excluding carboxylic acids is 1. The highest BCUT2D eigenvalue weighted by molar-refractivity contribution is 5.87. The van der Waals surface area contributed by atoms with Gasteiger partial charge >= 0.3 is 5.97 Å². The summed E-state index contributed by atoms with van der Waals surface area (Å²) in [4.78, 5) is 13.8.